The first-order valence-corrected chi connectivity index (χ1v) is 6.11. The van der Waals surface area contributed by atoms with E-state index in [0.29, 0.717) is 17.4 Å². The molecule has 1 aromatic carbocycles. The van der Waals surface area contributed by atoms with Gasteiger partial charge in [-0.3, -0.25) is 4.68 Å². The van der Waals surface area contributed by atoms with E-state index in [-0.39, 0.29) is 0 Å². The molecule has 1 heterocycles. The van der Waals surface area contributed by atoms with E-state index in [1.165, 1.54) is 0 Å². The molecular formula is C13H16ClN3O. The van der Waals surface area contributed by atoms with E-state index >= 15 is 0 Å². The van der Waals surface area contributed by atoms with E-state index in [1.807, 2.05) is 44.6 Å². The van der Waals surface area contributed by atoms with Crippen LogP contribution in [0.3, 0.4) is 0 Å². The number of aryl methyl sites for hydroxylation is 1. The van der Waals surface area contributed by atoms with Crippen LogP contribution in [0.2, 0.25) is 5.02 Å². The van der Waals surface area contributed by atoms with Crippen LogP contribution in [0, 0.1) is 0 Å². The van der Waals surface area contributed by atoms with Gasteiger partial charge in [0.1, 0.15) is 12.4 Å². The second kappa shape index (κ2) is 5.89. The van der Waals surface area contributed by atoms with Crippen LogP contribution >= 0.6 is 11.6 Å². The molecule has 0 amide bonds. The fraction of sp³-hybridized carbons (Fsp3) is 0.308. The molecule has 0 saturated carbocycles. The van der Waals surface area contributed by atoms with Crippen LogP contribution in [0.5, 0.6) is 5.75 Å². The lowest BCUT2D eigenvalue weighted by atomic mass is 10.2. The third-order valence-corrected chi connectivity index (χ3v) is 2.82. The minimum Gasteiger partial charge on any atom is -0.486 e. The summed E-state index contributed by atoms with van der Waals surface area (Å²) in [6.07, 6.45) is 1.89. The van der Waals surface area contributed by atoms with E-state index < -0.39 is 0 Å². The van der Waals surface area contributed by atoms with Crippen LogP contribution in [0.4, 0.5) is 0 Å². The lowest BCUT2D eigenvalue weighted by Gasteiger charge is -2.08. The van der Waals surface area contributed by atoms with Crippen molar-refractivity contribution in [2.75, 3.05) is 7.05 Å². The number of hydrogen-bond donors (Lipinski definition) is 1. The second-order valence-electron chi connectivity index (χ2n) is 4.06. The highest BCUT2D eigenvalue weighted by molar-refractivity contribution is 6.32. The molecule has 0 atom stereocenters. The summed E-state index contributed by atoms with van der Waals surface area (Å²) in [5.41, 5.74) is 2.01. The van der Waals surface area contributed by atoms with E-state index in [2.05, 4.69) is 10.4 Å². The Labute approximate surface area is 112 Å². The molecule has 1 N–H and O–H groups in total. The minimum atomic E-state index is 0.423. The first kappa shape index (κ1) is 12.9. The van der Waals surface area contributed by atoms with Crippen molar-refractivity contribution in [3.8, 4) is 5.75 Å². The standard InChI is InChI=1S/C13H16ClN3O/c1-15-8-10-3-4-13(12(14)7-10)18-9-11-5-6-17(2)16-11/h3-7,15H,8-9H2,1-2H3. The van der Waals surface area contributed by atoms with Crippen molar-refractivity contribution in [2.45, 2.75) is 13.2 Å². The van der Waals surface area contributed by atoms with Crippen LogP contribution in [0.1, 0.15) is 11.3 Å². The summed E-state index contributed by atoms with van der Waals surface area (Å²) < 4.78 is 7.39. The van der Waals surface area contributed by atoms with Gasteiger partial charge >= 0.3 is 0 Å². The highest BCUT2D eigenvalue weighted by atomic mass is 35.5. The predicted molar refractivity (Wildman–Crippen MR) is 71.8 cm³/mol. The number of ether oxygens (including phenoxy) is 1. The van der Waals surface area contributed by atoms with E-state index in [4.69, 9.17) is 16.3 Å². The molecule has 1 aromatic heterocycles. The smallest absolute Gasteiger partial charge is 0.138 e. The zero-order chi connectivity index (χ0) is 13.0. The molecule has 18 heavy (non-hydrogen) atoms. The van der Waals surface area contributed by atoms with Gasteiger partial charge in [-0.1, -0.05) is 17.7 Å². The number of nitrogens with one attached hydrogen (secondary N) is 1. The van der Waals surface area contributed by atoms with Gasteiger partial charge in [0.2, 0.25) is 0 Å². The summed E-state index contributed by atoms with van der Waals surface area (Å²) in [5, 5.41) is 7.94. The molecule has 2 rings (SSSR count). The van der Waals surface area contributed by atoms with Gasteiger partial charge in [0.15, 0.2) is 0 Å². The molecule has 0 saturated heterocycles. The topological polar surface area (TPSA) is 39.1 Å². The first-order chi connectivity index (χ1) is 8.69. The Hall–Kier alpha value is -1.52. The highest BCUT2D eigenvalue weighted by Crippen LogP contribution is 2.26. The van der Waals surface area contributed by atoms with Crippen LogP contribution in [-0.2, 0) is 20.2 Å². The number of aromatic nitrogens is 2. The summed E-state index contributed by atoms with van der Waals surface area (Å²) in [6.45, 7) is 1.21. The largest absolute Gasteiger partial charge is 0.486 e. The summed E-state index contributed by atoms with van der Waals surface area (Å²) >= 11 is 6.16. The molecular weight excluding hydrogens is 250 g/mol. The van der Waals surface area contributed by atoms with Crippen molar-refractivity contribution in [3.05, 3.63) is 46.7 Å². The fourth-order valence-electron chi connectivity index (χ4n) is 1.67. The Balaban J connectivity index is 2.01. The normalized spacial score (nSPS) is 10.6. The maximum absolute atomic E-state index is 6.16. The molecule has 0 aliphatic carbocycles. The number of benzene rings is 1. The van der Waals surface area contributed by atoms with Crippen LogP contribution in [0.25, 0.3) is 0 Å². The second-order valence-corrected chi connectivity index (χ2v) is 4.47. The molecule has 0 unspecified atom stereocenters. The molecule has 5 heteroatoms. The van der Waals surface area contributed by atoms with Crippen LogP contribution in [-0.4, -0.2) is 16.8 Å². The third-order valence-electron chi connectivity index (χ3n) is 2.52. The third kappa shape index (κ3) is 3.24. The van der Waals surface area contributed by atoms with Crippen molar-refractivity contribution in [1.29, 1.82) is 0 Å². The van der Waals surface area contributed by atoms with Gasteiger partial charge in [0, 0.05) is 19.8 Å². The van der Waals surface area contributed by atoms with E-state index in [1.54, 1.807) is 4.68 Å². The zero-order valence-corrected chi connectivity index (χ0v) is 11.2. The lowest BCUT2D eigenvalue weighted by Crippen LogP contribution is -2.05. The first-order valence-electron chi connectivity index (χ1n) is 5.73. The molecule has 0 aliphatic rings. The molecule has 0 bridgehead atoms. The van der Waals surface area contributed by atoms with Gasteiger partial charge in [-0.25, -0.2) is 0 Å². The summed E-state index contributed by atoms with van der Waals surface area (Å²) in [6, 6.07) is 7.71. The Morgan fingerprint density at radius 1 is 1.39 bits per heavy atom. The van der Waals surface area contributed by atoms with E-state index in [9.17, 15) is 0 Å². The molecule has 2 aromatic rings. The Kier molecular flexibility index (Phi) is 4.23. The maximum Gasteiger partial charge on any atom is 0.138 e. The summed E-state index contributed by atoms with van der Waals surface area (Å²) in [7, 11) is 3.78. The van der Waals surface area contributed by atoms with Crippen molar-refractivity contribution in [2.24, 2.45) is 7.05 Å². The number of hydrogen-bond acceptors (Lipinski definition) is 3. The average Bonchev–Trinajstić information content (AvgIpc) is 2.74. The summed E-state index contributed by atoms with van der Waals surface area (Å²) in [5.74, 6) is 0.683. The van der Waals surface area contributed by atoms with Gasteiger partial charge < -0.3 is 10.1 Å². The van der Waals surface area contributed by atoms with E-state index in [0.717, 1.165) is 17.8 Å². The molecule has 0 spiro atoms. The lowest BCUT2D eigenvalue weighted by molar-refractivity contribution is 0.300. The van der Waals surface area contributed by atoms with Crippen molar-refractivity contribution in [3.63, 3.8) is 0 Å². The molecule has 4 nitrogen and oxygen atoms in total. The molecule has 0 aliphatic heterocycles. The Morgan fingerprint density at radius 2 is 2.22 bits per heavy atom. The highest BCUT2D eigenvalue weighted by Gasteiger charge is 2.04. The van der Waals surface area contributed by atoms with Gasteiger partial charge in [0.25, 0.3) is 0 Å². The van der Waals surface area contributed by atoms with Gasteiger partial charge in [-0.2, -0.15) is 5.10 Å². The SMILES string of the molecule is CNCc1ccc(OCc2ccn(C)n2)c(Cl)c1. The van der Waals surface area contributed by atoms with Gasteiger partial charge in [0.05, 0.1) is 10.7 Å². The molecule has 96 valence electrons. The average molecular weight is 266 g/mol. The molecule has 0 radical (unpaired) electrons. The zero-order valence-electron chi connectivity index (χ0n) is 10.5. The van der Waals surface area contributed by atoms with Gasteiger partial charge in [-0.05, 0) is 30.8 Å². The van der Waals surface area contributed by atoms with Crippen molar-refractivity contribution >= 4 is 11.6 Å². The Bertz CT molecular complexity index is 525. The number of halogens is 1. The molecule has 0 fully saturated rings. The van der Waals surface area contributed by atoms with Crippen molar-refractivity contribution in [1.82, 2.24) is 15.1 Å². The predicted octanol–water partition coefficient (Wildman–Crippen LogP) is 2.37. The quantitative estimate of drug-likeness (QED) is 0.902. The van der Waals surface area contributed by atoms with Crippen LogP contribution in [0.15, 0.2) is 30.5 Å². The number of rotatable bonds is 5. The maximum atomic E-state index is 6.16. The Morgan fingerprint density at radius 3 is 2.83 bits per heavy atom. The minimum absolute atomic E-state index is 0.423. The summed E-state index contributed by atoms with van der Waals surface area (Å²) in [4.78, 5) is 0. The van der Waals surface area contributed by atoms with Gasteiger partial charge in [-0.15, -0.1) is 0 Å². The number of nitrogens with zero attached hydrogens (tertiary/aromatic N) is 2. The van der Waals surface area contributed by atoms with Crippen LogP contribution < -0.4 is 10.1 Å². The van der Waals surface area contributed by atoms with Crippen molar-refractivity contribution < 1.29 is 4.74 Å². The monoisotopic (exact) mass is 265 g/mol. The fourth-order valence-corrected chi connectivity index (χ4v) is 1.93.